The van der Waals surface area contributed by atoms with Crippen molar-refractivity contribution >= 4 is 5.97 Å². The van der Waals surface area contributed by atoms with Crippen LogP contribution in [0.1, 0.15) is 33.3 Å². The second kappa shape index (κ2) is 4.04. The van der Waals surface area contributed by atoms with Gasteiger partial charge in [0.05, 0.1) is 11.6 Å². The Labute approximate surface area is 89.9 Å². The average molecular weight is 210 g/mol. The maximum absolute atomic E-state index is 11.0. The van der Waals surface area contributed by atoms with E-state index < -0.39 is 11.4 Å². The molecule has 4 nitrogen and oxygen atoms in total. The molecule has 0 spiro atoms. The van der Waals surface area contributed by atoms with Crippen LogP contribution in [0.3, 0.4) is 0 Å². The van der Waals surface area contributed by atoms with Crippen molar-refractivity contribution in [2.75, 3.05) is 0 Å². The topological polar surface area (TPSA) is 55.1 Å². The Balaban J connectivity index is 2.89. The van der Waals surface area contributed by atoms with Gasteiger partial charge in [0.15, 0.2) is 0 Å². The summed E-state index contributed by atoms with van der Waals surface area (Å²) in [4.78, 5) is 11.0. The molecule has 0 aliphatic rings. The molecule has 0 bridgehead atoms. The van der Waals surface area contributed by atoms with E-state index in [2.05, 4.69) is 18.9 Å². The fourth-order valence-corrected chi connectivity index (χ4v) is 1.28. The van der Waals surface area contributed by atoms with E-state index >= 15 is 0 Å². The monoisotopic (exact) mass is 210 g/mol. The molecule has 0 fully saturated rings. The first-order valence-corrected chi connectivity index (χ1v) is 5.10. The first-order valence-electron chi connectivity index (χ1n) is 5.10. The van der Waals surface area contributed by atoms with E-state index in [1.165, 1.54) is 0 Å². The fraction of sp³-hybridized carbons (Fsp3) is 0.636. The van der Waals surface area contributed by atoms with Crippen LogP contribution in [0.2, 0.25) is 0 Å². The molecule has 15 heavy (non-hydrogen) atoms. The highest BCUT2D eigenvalue weighted by atomic mass is 16.4. The average Bonchev–Trinajstić information content (AvgIpc) is 2.51. The highest BCUT2D eigenvalue weighted by Crippen LogP contribution is 2.22. The third-order valence-electron chi connectivity index (χ3n) is 2.44. The highest BCUT2D eigenvalue weighted by molar-refractivity contribution is 5.79. The predicted octanol–water partition coefficient (Wildman–Crippen LogP) is 1.90. The smallest absolute Gasteiger partial charge is 0.313 e. The van der Waals surface area contributed by atoms with Gasteiger partial charge in [-0.15, -0.1) is 0 Å². The van der Waals surface area contributed by atoms with Crippen LogP contribution in [0.15, 0.2) is 12.4 Å². The summed E-state index contributed by atoms with van der Waals surface area (Å²) in [5.74, 6) is -0.322. The molecule has 0 unspecified atom stereocenters. The number of aliphatic carboxylic acids is 1. The summed E-state index contributed by atoms with van der Waals surface area (Å²) >= 11 is 0. The van der Waals surface area contributed by atoms with Gasteiger partial charge >= 0.3 is 5.97 Å². The van der Waals surface area contributed by atoms with Gasteiger partial charge in [-0.25, -0.2) is 0 Å². The molecule has 0 aromatic carbocycles. The molecule has 0 aliphatic carbocycles. The number of aromatic nitrogens is 2. The standard InChI is InChI=1S/C11H18N2O2/c1-8(2)6-13-7-9(5-12-13)11(3,4)10(14)15/h5,7-8H,6H2,1-4H3,(H,14,15). The van der Waals surface area contributed by atoms with Crippen LogP contribution in [0.4, 0.5) is 0 Å². The molecule has 84 valence electrons. The number of carboxylic acid groups (broad SMARTS) is 1. The lowest BCUT2D eigenvalue weighted by molar-refractivity contribution is -0.142. The Hall–Kier alpha value is -1.32. The minimum absolute atomic E-state index is 0.505. The van der Waals surface area contributed by atoms with Gasteiger partial charge in [-0.2, -0.15) is 5.10 Å². The molecule has 1 rings (SSSR count). The zero-order valence-electron chi connectivity index (χ0n) is 9.69. The fourth-order valence-electron chi connectivity index (χ4n) is 1.28. The molecule has 0 aliphatic heterocycles. The van der Waals surface area contributed by atoms with Gasteiger partial charge in [0.25, 0.3) is 0 Å². The molecule has 4 heteroatoms. The van der Waals surface area contributed by atoms with E-state index in [-0.39, 0.29) is 0 Å². The lowest BCUT2D eigenvalue weighted by Crippen LogP contribution is -2.27. The maximum atomic E-state index is 11.0. The number of carboxylic acids is 1. The van der Waals surface area contributed by atoms with Crippen molar-refractivity contribution in [3.63, 3.8) is 0 Å². The van der Waals surface area contributed by atoms with E-state index in [4.69, 9.17) is 5.11 Å². The van der Waals surface area contributed by atoms with Gasteiger partial charge in [0.1, 0.15) is 0 Å². The van der Waals surface area contributed by atoms with Crippen molar-refractivity contribution in [2.45, 2.75) is 39.7 Å². The van der Waals surface area contributed by atoms with Crippen LogP contribution in [0.25, 0.3) is 0 Å². The van der Waals surface area contributed by atoms with Crippen molar-refractivity contribution in [3.05, 3.63) is 18.0 Å². The molecule has 0 radical (unpaired) electrons. The van der Waals surface area contributed by atoms with Gasteiger partial charge in [0.2, 0.25) is 0 Å². The Morgan fingerprint density at radius 3 is 2.67 bits per heavy atom. The van der Waals surface area contributed by atoms with Crippen molar-refractivity contribution < 1.29 is 9.90 Å². The minimum atomic E-state index is -0.866. The van der Waals surface area contributed by atoms with Crippen molar-refractivity contribution in [1.29, 1.82) is 0 Å². The summed E-state index contributed by atoms with van der Waals surface area (Å²) in [6.07, 6.45) is 3.45. The van der Waals surface area contributed by atoms with E-state index in [0.29, 0.717) is 5.92 Å². The van der Waals surface area contributed by atoms with Gasteiger partial charge in [0, 0.05) is 18.3 Å². The van der Waals surface area contributed by atoms with Crippen LogP contribution >= 0.6 is 0 Å². The summed E-state index contributed by atoms with van der Waals surface area (Å²) in [6.45, 7) is 8.39. The number of hydrogen-bond acceptors (Lipinski definition) is 2. The normalized spacial score (nSPS) is 12.1. The third-order valence-corrected chi connectivity index (χ3v) is 2.44. The summed E-state index contributed by atoms with van der Waals surface area (Å²) in [5.41, 5.74) is -0.120. The van der Waals surface area contributed by atoms with Gasteiger partial charge in [-0.05, 0) is 19.8 Å². The van der Waals surface area contributed by atoms with Crippen LogP contribution < -0.4 is 0 Å². The Morgan fingerprint density at radius 2 is 2.20 bits per heavy atom. The highest BCUT2D eigenvalue weighted by Gasteiger charge is 2.30. The van der Waals surface area contributed by atoms with E-state index in [0.717, 1.165) is 12.1 Å². The van der Waals surface area contributed by atoms with E-state index in [1.807, 2.05) is 6.20 Å². The van der Waals surface area contributed by atoms with Crippen molar-refractivity contribution in [2.24, 2.45) is 5.92 Å². The third kappa shape index (κ3) is 2.58. The summed E-state index contributed by atoms with van der Waals surface area (Å²) in [6, 6.07) is 0. The molecule has 1 heterocycles. The lowest BCUT2D eigenvalue weighted by atomic mass is 9.87. The van der Waals surface area contributed by atoms with Crippen LogP contribution in [-0.4, -0.2) is 20.9 Å². The quantitative estimate of drug-likeness (QED) is 0.825. The number of hydrogen-bond donors (Lipinski definition) is 1. The Morgan fingerprint density at radius 1 is 1.60 bits per heavy atom. The molecule has 1 N–H and O–H groups in total. The molecule has 1 aromatic rings. The first-order chi connectivity index (χ1) is 6.84. The van der Waals surface area contributed by atoms with Crippen LogP contribution in [-0.2, 0) is 16.8 Å². The zero-order valence-corrected chi connectivity index (χ0v) is 9.69. The van der Waals surface area contributed by atoms with Crippen molar-refractivity contribution in [1.82, 2.24) is 9.78 Å². The largest absolute Gasteiger partial charge is 0.481 e. The summed E-state index contributed by atoms with van der Waals surface area (Å²) in [5, 5.41) is 13.2. The molecule has 0 amide bonds. The lowest BCUT2D eigenvalue weighted by Gasteiger charge is -2.16. The van der Waals surface area contributed by atoms with Gasteiger partial charge in [-0.1, -0.05) is 13.8 Å². The second-order valence-corrected chi connectivity index (χ2v) is 4.78. The van der Waals surface area contributed by atoms with E-state index in [1.54, 1.807) is 24.7 Å². The van der Waals surface area contributed by atoms with Crippen LogP contribution in [0.5, 0.6) is 0 Å². The molecular weight excluding hydrogens is 192 g/mol. The van der Waals surface area contributed by atoms with E-state index in [9.17, 15) is 4.79 Å². The maximum Gasteiger partial charge on any atom is 0.313 e. The molecule has 0 saturated carbocycles. The Bertz CT molecular complexity index is 353. The molecule has 1 aromatic heterocycles. The number of nitrogens with zero attached hydrogens (tertiary/aromatic N) is 2. The summed E-state index contributed by atoms with van der Waals surface area (Å²) < 4.78 is 1.80. The number of carbonyl (C=O) groups is 1. The minimum Gasteiger partial charge on any atom is -0.481 e. The van der Waals surface area contributed by atoms with Crippen LogP contribution in [0, 0.1) is 5.92 Å². The number of rotatable bonds is 4. The van der Waals surface area contributed by atoms with Gasteiger partial charge in [-0.3, -0.25) is 9.48 Å². The predicted molar refractivity (Wildman–Crippen MR) is 57.7 cm³/mol. The molecular formula is C11H18N2O2. The zero-order chi connectivity index (χ0) is 11.6. The second-order valence-electron chi connectivity index (χ2n) is 4.78. The summed E-state index contributed by atoms with van der Waals surface area (Å²) in [7, 11) is 0. The molecule has 0 saturated heterocycles. The SMILES string of the molecule is CC(C)Cn1cc(C(C)(C)C(=O)O)cn1. The first kappa shape index (κ1) is 11.8. The molecule has 0 atom stereocenters. The Kier molecular flexibility index (Phi) is 3.17. The van der Waals surface area contributed by atoms with Gasteiger partial charge < -0.3 is 5.11 Å². The van der Waals surface area contributed by atoms with Crippen molar-refractivity contribution in [3.8, 4) is 0 Å².